The maximum atomic E-state index is 12.7. The van der Waals surface area contributed by atoms with Crippen LogP contribution in [0.3, 0.4) is 0 Å². The summed E-state index contributed by atoms with van der Waals surface area (Å²) in [5.41, 5.74) is -0.960. The molecule has 0 aromatic carbocycles. The standard InChI is InChI=1S/C14H15ClF3N3O3/c15-9-6-8(14(16,17)18)7-20-12(9)21-5-1-2-10(21)13(24)19-4-3-11(22)23/h6-7,10H,1-5H2,(H,19,24)(H,22,23). The molecule has 1 fully saturated rings. The Hall–Kier alpha value is -2.03. The van der Waals surface area contributed by atoms with Gasteiger partial charge >= 0.3 is 12.1 Å². The fourth-order valence-corrected chi connectivity index (χ4v) is 2.78. The Morgan fingerprint density at radius 3 is 2.75 bits per heavy atom. The van der Waals surface area contributed by atoms with Crippen LogP contribution in [0.2, 0.25) is 5.02 Å². The van der Waals surface area contributed by atoms with Crippen LogP contribution in [0.15, 0.2) is 12.3 Å². The van der Waals surface area contributed by atoms with E-state index < -0.39 is 29.7 Å². The quantitative estimate of drug-likeness (QED) is 0.836. The lowest BCUT2D eigenvalue weighted by molar-refractivity contribution is -0.138. The van der Waals surface area contributed by atoms with Gasteiger partial charge in [0.1, 0.15) is 11.9 Å². The average Bonchev–Trinajstić information content (AvgIpc) is 2.94. The summed E-state index contributed by atoms with van der Waals surface area (Å²) in [6.45, 7) is 0.405. The van der Waals surface area contributed by atoms with E-state index in [1.165, 1.54) is 0 Å². The van der Waals surface area contributed by atoms with Gasteiger partial charge in [0.2, 0.25) is 5.91 Å². The summed E-state index contributed by atoms with van der Waals surface area (Å²) in [7, 11) is 0. The molecule has 10 heteroatoms. The van der Waals surface area contributed by atoms with Gasteiger partial charge in [-0.3, -0.25) is 9.59 Å². The van der Waals surface area contributed by atoms with Gasteiger partial charge in [0, 0.05) is 19.3 Å². The zero-order valence-corrected chi connectivity index (χ0v) is 13.2. The summed E-state index contributed by atoms with van der Waals surface area (Å²) in [5, 5.41) is 10.9. The number of pyridine rings is 1. The molecule has 2 N–H and O–H groups in total. The second kappa shape index (κ2) is 7.25. The number of hydrogen-bond acceptors (Lipinski definition) is 4. The van der Waals surface area contributed by atoms with Crippen LogP contribution in [0.1, 0.15) is 24.8 Å². The van der Waals surface area contributed by atoms with E-state index in [1.54, 1.807) is 4.90 Å². The number of alkyl halides is 3. The average molecular weight is 366 g/mol. The molecule has 1 aliphatic heterocycles. The molecule has 0 radical (unpaired) electrons. The number of halogens is 4. The molecule has 1 unspecified atom stereocenters. The number of carboxylic acids is 1. The van der Waals surface area contributed by atoms with Crippen LogP contribution >= 0.6 is 11.6 Å². The summed E-state index contributed by atoms with van der Waals surface area (Å²) in [6.07, 6.45) is -2.95. The molecule has 0 aliphatic carbocycles. The van der Waals surface area contributed by atoms with Crippen LogP contribution in [-0.4, -0.2) is 41.1 Å². The molecule has 1 atom stereocenters. The van der Waals surface area contributed by atoms with Crippen molar-refractivity contribution in [3.05, 3.63) is 22.8 Å². The summed E-state index contributed by atoms with van der Waals surface area (Å²) < 4.78 is 38.0. The smallest absolute Gasteiger partial charge is 0.417 e. The molecule has 2 rings (SSSR count). The number of carbonyl (C=O) groups excluding carboxylic acids is 1. The third-order valence-electron chi connectivity index (χ3n) is 3.61. The zero-order chi connectivity index (χ0) is 17.9. The molecule has 0 spiro atoms. The number of rotatable bonds is 5. The molecule has 1 aromatic rings. The summed E-state index contributed by atoms with van der Waals surface area (Å²) in [6, 6.07) is 0.141. The molecule has 0 bridgehead atoms. The van der Waals surface area contributed by atoms with E-state index in [9.17, 15) is 22.8 Å². The number of anilines is 1. The number of nitrogens with one attached hydrogen (secondary N) is 1. The predicted octanol–water partition coefficient (Wildman–Crippen LogP) is 2.31. The van der Waals surface area contributed by atoms with Crippen molar-refractivity contribution in [3.63, 3.8) is 0 Å². The minimum Gasteiger partial charge on any atom is -0.481 e. The Morgan fingerprint density at radius 2 is 2.17 bits per heavy atom. The Morgan fingerprint density at radius 1 is 1.46 bits per heavy atom. The van der Waals surface area contributed by atoms with Crippen molar-refractivity contribution < 1.29 is 27.9 Å². The first-order chi connectivity index (χ1) is 11.2. The topological polar surface area (TPSA) is 82.5 Å². The van der Waals surface area contributed by atoms with Crippen LogP contribution in [0.5, 0.6) is 0 Å². The van der Waals surface area contributed by atoms with Gasteiger partial charge in [-0.25, -0.2) is 4.98 Å². The summed E-state index contributed by atoms with van der Waals surface area (Å²) in [4.78, 5) is 27.9. The van der Waals surface area contributed by atoms with Crippen molar-refractivity contribution in [1.29, 1.82) is 0 Å². The molecular formula is C14H15ClF3N3O3. The first-order valence-corrected chi connectivity index (χ1v) is 7.57. The van der Waals surface area contributed by atoms with Gasteiger partial charge < -0.3 is 15.3 Å². The second-order valence-electron chi connectivity index (χ2n) is 5.31. The number of carbonyl (C=O) groups is 2. The highest BCUT2D eigenvalue weighted by Crippen LogP contribution is 2.35. The van der Waals surface area contributed by atoms with Crippen LogP contribution < -0.4 is 10.2 Å². The molecule has 132 valence electrons. The van der Waals surface area contributed by atoms with Gasteiger partial charge in [-0.05, 0) is 18.9 Å². The van der Waals surface area contributed by atoms with Crippen molar-refractivity contribution in [1.82, 2.24) is 10.3 Å². The Kier molecular flexibility index (Phi) is 5.53. The van der Waals surface area contributed by atoms with E-state index in [-0.39, 0.29) is 23.8 Å². The minimum atomic E-state index is -4.55. The molecule has 24 heavy (non-hydrogen) atoms. The maximum absolute atomic E-state index is 12.7. The van der Waals surface area contributed by atoms with Gasteiger partial charge in [-0.15, -0.1) is 0 Å². The first-order valence-electron chi connectivity index (χ1n) is 7.19. The number of amides is 1. The molecule has 2 heterocycles. The number of aliphatic carboxylic acids is 1. The Balaban J connectivity index is 2.12. The molecular weight excluding hydrogens is 351 g/mol. The first kappa shape index (κ1) is 18.3. The fourth-order valence-electron chi connectivity index (χ4n) is 2.50. The van der Waals surface area contributed by atoms with E-state index in [0.717, 1.165) is 6.07 Å². The van der Waals surface area contributed by atoms with Crippen LogP contribution in [0.25, 0.3) is 0 Å². The van der Waals surface area contributed by atoms with Crippen molar-refractivity contribution in [3.8, 4) is 0 Å². The molecule has 0 saturated carbocycles. The third-order valence-corrected chi connectivity index (χ3v) is 3.89. The van der Waals surface area contributed by atoms with E-state index in [0.29, 0.717) is 25.6 Å². The van der Waals surface area contributed by atoms with Crippen LogP contribution in [-0.2, 0) is 15.8 Å². The molecule has 1 aromatic heterocycles. The van der Waals surface area contributed by atoms with Crippen LogP contribution in [0, 0.1) is 0 Å². The molecule has 1 amide bonds. The summed E-state index contributed by atoms with van der Waals surface area (Å²) in [5.74, 6) is -1.32. The van der Waals surface area contributed by atoms with Crippen LogP contribution in [0.4, 0.5) is 19.0 Å². The molecule has 6 nitrogen and oxygen atoms in total. The van der Waals surface area contributed by atoms with E-state index >= 15 is 0 Å². The number of aromatic nitrogens is 1. The molecule has 1 aliphatic rings. The monoisotopic (exact) mass is 365 g/mol. The number of carboxylic acid groups (broad SMARTS) is 1. The highest BCUT2D eigenvalue weighted by atomic mass is 35.5. The number of nitrogens with zero attached hydrogens (tertiary/aromatic N) is 2. The third kappa shape index (κ3) is 4.28. The second-order valence-corrected chi connectivity index (χ2v) is 5.72. The van der Waals surface area contributed by atoms with E-state index in [2.05, 4.69) is 10.3 Å². The van der Waals surface area contributed by atoms with Gasteiger partial charge in [-0.1, -0.05) is 11.6 Å². The highest BCUT2D eigenvalue weighted by Gasteiger charge is 2.35. The largest absolute Gasteiger partial charge is 0.481 e. The lowest BCUT2D eigenvalue weighted by atomic mass is 10.2. The Bertz CT molecular complexity index is 639. The van der Waals surface area contributed by atoms with E-state index in [1.807, 2.05) is 0 Å². The lowest BCUT2D eigenvalue weighted by Gasteiger charge is -2.26. The maximum Gasteiger partial charge on any atom is 0.417 e. The van der Waals surface area contributed by atoms with Gasteiger partial charge in [0.15, 0.2) is 0 Å². The highest BCUT2D eigenvalue weighted by molar-refractivity contribution is 6.33. The van der Waals surface area contributed by atoms with Gasteiger partial charge in [0.05, 0.1) is 17.0 Å². The normalized spacial score (nSPS) is 17.8. The van der Waals surface area contributed by atoms with Crippen molar-refractivity contribution in [2.45, 2.75) is 31.5 Å². The van der Waals surface area contributed by atoms with Crippen molar-refractivity contribution in [2.24, 2.45) is 0 Å². The lowest BCUT2D eigenvalue weighted by Crippen LogP contribution is -2.44. The predicted molar refractivity (Wildman–Crippen MR) is 79.9 cm³/mol. The minimum absolute atomic E-state index is 0.0212. The SMILES string of the molecule is O=C(O)CCNC(=O)C1CCCN1c1ncc(C(F)(F)F)cc1Cl. The van der Waals surface area contributed by atoms with Gasteiger partial charge in [-0.2, -0.15) is 13.2 Å². The summed E-state index contributed by atoms with van der Waals surface area (Å²) >= 11 is 5.92. The molecule has 1 saturated heterocycles. The van der Waals surface area contributed by atoms with Crippen molar-refractivity contribution in [2.75, 3.05) is 18.0 Å². The van der Waals surface area contributed by atoms with E-state index in [4.69, 9.17) is 16.7 Å². The zero-order valence-electron chi connectivity index (χ0n) is 12.4. The number of hydrogen-bond donors (Lipinski definition) is 2. The Labute approximate surface area is 140 Å². The van der Waals surface area contributed by atoms with Gasteiger partial charge in [0.25, 0.3) is 0 Å². The fraction of sp³-hybridized carbons (Fsp3) is 0.500. The van der Waals surface area contributed by atoms with Crippen molar-refractivity contribution >= 4 is 29.3 Å².